The molecule has 5 nitrogen and oxygen atoms in total. The molecule has 0 aliphatic carbocycles. The maximum absolute atomic E-state index is 12.5. The van der Waals surface area contributed by atoms with Crippen LogP contribution < -0.4 is 4.74 Å². The Morgan fingerprint density at radius 1 is 1.59 bits per heavy atom. The second kappa shape index (κ2) is 4.81. The fraction of sp³-hybridized carbons (Fsp3) is 0.250. The van der Waals surface area contributed by atoms with Crippen LogP contribution in [-0.2, 0) is 9.05 Å². The zero-order valence-electron chi connectivity index (χ0n) is 8.32. The molecule has 0 spiro atoms. The van der Waals surface area contributed by atoms with Crippen LogP contribution in [0.3, 0.4) is 0 Å². The molecule has 0 atom stereocenters. The van der Waals surface area contributed by atoms with Gasteiger partial charge in [0.1, 0.15) is 22.2 Å². The van der Waals surface area contributed by atoms with Gasteiger partial charge in [0.25, 0.3) is 15.5 Å². The molecular formula is C8H5ClF2N2O3S. The van der Waals surface area contributed by atoms with Crippen LogP contribution in [-0.4, -0.2) is 20.5 Å². The summed E-state index contributed by atoms with van der Waals surface area (Å²) in [5, 5.41) is 8.77. The number of hydrogen-bond acceptors (Lipinski definition) is 5. The van der Waals surface area contributed by atoms with Gasteiger partial charge in [-0.25, -0.2) is 22.2 Å². The molecule has 0 radical (unpaired) electrons. The minimum atomic E-state index is -4.26. The molecule has 0 bridgehead atoms. The third-order valence-corrected chi connectivity index (χ3v) is 3.15. The van der Waals surface area contributed by atoms with E-state index in [1.807, 2.05) is 0 Å². The molecule has 0 fully saturated rings. The molecule has 17 heavy (non-hydrogen) atoms. The van der Waals surface area contributed by atoms with E-state index in [4.69, 9.17) is 15.9 Å². The van der Waals surface area contributed by atoms with Crippen molar-refractivity contribution in [2.75, 3.05) is 7.11 Å². The Balaban J connectivity index is 3.68. The SMILES string of the molecule is COc1c(C(F)F)ncc(S(=O)(=O)Cl)c1C#N. The van der Waals surface area contributed by atoms with Gasteiger partial charge in [0.05, 0.1) is 7.11 Å². The molecule has 1 aromatic heterocycles. The van der Waals surface area contributed by atoms with Crippen LogP contribution >= 0.6 is 10.7 Å². The predicted molar refractivity (Wildman–Crippen MR) is 53.5 cm³/mol. The number of nitrogens with zero attached hydrogens (tertiary/aromatic N) is 2. The van der Waals surface area contributed by atoms with Crippen LogP contribution in [0.2, 0.25) is 0 Å². The summed E-state index contributed by atoms with van der Waals surface area (Å²) in [5.74, 6) is -0.593. The minimum Gasteiger partial charge on any atom is -0.493 e. The van der Waals surface area contributed by atoms with Gasteiger partial charge < -0.3 is 4.74 Å². The van der Waals surface area contributed by atoms with Gasteiger partial charge in [-0.05, 0) is 0 Å². The normalized spacial score (nSPS) is 11.3. The van der Waals surface area contributed by atoms with E-state index in [9.17, 15) is 17.2 Å². The lowest BCUT2D eigenvalue weighted by molar-refractivity contribution is 0.141. The number of methoxy groups -OCH3 is 1. The molecule has 1 heterocycles. The lowest BCUT2D eigenvalue weighted by Gasteiger charge is -2.10. The standard InChI is InChI=1S/C8H5ClF2N2O3S/c1-16-7-4(2-12)5(17(9,14)15)3-13-6(7)8(10)11/h3,8H,1H3. The first-order valence-corrected chi connectivity index (χ1v) is 6.33. The highest BCUT2D eigenvalue weighted by atomic mass is 35.7. The molecule has 92 valence electrons. The van der Waals surface area contributed by atoms with Gasteiger partial charge >= 0.3 is 0 Å². The third kappa shape index (κ3) is 2.62. The van der Waals surface area contributed by atoms with Crippen LogP contribution in [0.4, 0.5) is 8.78 Å². The van der Waals surface area contributed by atoms with Crippen molar-refractivity contribution in [3.63, 3.8) is 0 Å². The molecule has 0 saturated heterocycles. The Labute approximate surface area is 100 Å². The molecule has 0 unspecified atom stereocenters. The second-order valence-corrected chi connectivity index (χ2v) is 5.30. The Bertz CT molecular complexity index is 583. The highest BCUT2D eigenvalue weighted by Gasteiger charge is 2.26. The van der Waals surface area contributed by atoms with E-state index >= 15 is 0 Å². The summed E-state index contributed by atoms with van der Waals surface area (Å²) in [6, 6.07) is 1.45. The Morgan fingerprint density at radius 2 is 2.18 bits per heavy atom. The molecule has 0 aliphatic heterocycles. The summed E-state index contributed by atoms with van der Waals surface area (Å²) in [4.78, 5) is 2.57. The van der Waals surface area contributed by atoms with Crippen molar-refractivity contribution in [1.29, 1.82) is 5.26 Å². The molecule has 0 N–H and O–H groups in total. The van der Waals surface area contributed by atoms with Gasteiger partial charge in [0, 0.05) is 16.9 Å². The monoisotopic (exact) mass is 282 g/mol. The van der Waals surface area contributed by atoms with Crippen molar-refractivity contribution in [2.45, 2.75) is 11.3 Å². The number of nitriles is 1. The predicted octanol–water partition coefficient (Wildman–Crippen LogP) is 1.83. The summed E-state index contributed by atoms with van der Waals surface area (Å²) in [6.07, 6.45) is -2.39. The minimum absolute atomic E-state index is 0.590. The van der Waals surface area contributed by atoms with Crippen molar-refractivity contribution >= 4 is 19.7 Å². The number of aromatic nitrogens is 1. The van der Waals surface area contributed by atoms with Crippen LogP contribution in [0.25, 0.3) is 0 Å². The van der Waals surface area contributed by atoms with E-state index < -0.39 is 37.4 Å². The summed E-state index contributed by atoms with van der Waals surface area (Å²) < 4.78 is 51.8. The molecule has 1 rings (SSSR count). The fourth-order valence-electron chi connectivity index (χ4n) is 1.14. The number of hydrogen-bond donors (Lipinski definition) is 0. The Hall–Kier alpha value is -1.46. The first-order valence-electron chi connectivity index (χ1n) is 4.02. The molecule has 0 saturated carbocycles. The zero-order valence-corrected chi connectivity index (χ0v) is 9.89. The molecule has 1 aromatic rings. The molecule has 0 aliphatic rings. The van der Waals surface area contributed by atoms with E-state index in [0.717, 1.165) is 7.11 Å². The van der Waals surface area contributed by atoms with Crippen molar-refractivity contribution in [3.05, 3.63) is 17.5 Å². The van der Waals surface area contributed by atoms with E-state index in [1.54, 1.807) is 0 Å². The highest BCUT2D eigenvalue weighted by Crippen LogP contribution is 2.34. The Kier molecular flexibility index (Phi) is 3.85. The molecular weight excluding hydrogens is 278 g/mol. The second-order valence-electron chi connectivity index (χ2n) is 2.77. The van der Waals surface area contributed by atoms with E-state index in [-0.39, 0.29) is 0 Å². The van der Waals surface area contributed by atoms with Gasteiger partial charge in [-0.15, -0.1) is 0 Å². The molecule has 9 heteroatoms. The fourth-order valence-corrected chi connectivity index (χ4v) is 2.06. The first-order chi connectivity index (χ1) is 7.82. The van der Waals surface area contributed by atoms with Crippen molar-refractivity contribution < 1.29 is 21.9 Å². The van der Waals surface area contributed by atoms with Crippen LogP contribution in [0.1, 0.15) is 17.7 Å². The lowest BCUT2D eigenvalue weighted by atomic mass is 10.2. The highest BCUT2D eigenvalue weighted by molar-refractivity contribution is 8.13. The summed E-state index contributed by atoms with van der Waals surface area (Å²) >= 11 is 0. The topological polar surface area (TPSA) is 80.0 Å². The van der Waals surface area contributed by atoms with Crippen LogP contribution in [0.5, 0.6) is 5.75 Å². The van der Waals surface area contributed by atoms with Gasteiger partial charge in [0.2, 0.25) is 0 Å². The number of rotatable bonds is 3. The average Bonchev–Trinajstić information content (AvgIpc) is 2.25. The average molecular weight is 283 g/mol. The van der Waals surface area contributed by atoms with Gasteiger partial charge in [0.15, 0.2) is 5.75 Å². The van der Waals surface area contributed by atoms with Gasteiger partial charge in [-0.3, -0.25) is 0 Å². The van der Waals surface area contributed by atoms with Gasteiger partial charge in [-0.1, -0.05) is 0 Å². The van der Waals surface area contributed by atoms with E-state index in [0.29, 0.717) is 6.20 Å². The van der Waals surface area contributed by atoms with Crippen molar-refractivity contribution in [2.24, 2.45) is 0 Å². The summed E-state index contributed by atoms with van der Waals surface area (Å²) in [6.45, 7) is 0. The van der Waals surface area contributed by atoms with Crippen LogP contribution in [0, 0.1) is 11.3 Å². The van der Waals surface area contributed by atoms with Crippen molar-refractivity contribution in [3.8, 4) is 11.8 Å². The van der Waals surface area contributed by atoms with Crippen molar-refractivity contribution in [1.82, 2.24) is 4.98 Å². The van der Waals surface area contributed by atoms with Crippen LogP contribution in [0.15, 0.2) is 11.1 Å². The lowest BCUT2D eigenvalue weighted by Crippen LogP contribution is -2.04. The van der Waals surface area contributed by atoms with E-state index in [2.05, 4.69) is 9.72 Å². The quantitative estimate of drug-likeness (QED) is 0.790. The molecule has 0 aromatic carbocycles. The maximum atomic E-state index is 12.5. The van der Waals surface area contributed by atoms with Gasteiger partial charge in [-0.2, -0.15) is 5.26 Å². The van der Waals surface area contributed by atoms with E-state index in [1.165, 1.54) is 6.07 Å². The number of halogens is 3. The Morgan fingerprint density at radius 3 is 2.53 bits per heavy atom. The summed E-state index contributed by atoms with van der Waals surface area (Å²) in [7, 11) is 1.81. The maximum Gasteiger partial charge on any atom is 0.284 e. The number of pyridine rings is 1. The number of alkyl halides is 2. The number of ether oxygens (including phenoxy) is 1. The zero-order chi connectivity index (χ0) is 13.2. The summed E-state index contributed by atoms with van der Waals surface area (Å²) in [5.41, 5.74) is -1.40. The smallest absolute Gasteiger partial charge is 0.284 e. The molecule has 0 amide bonds. The first kappa shape index (κ1) is 13.6. The largest absolute Gasteiger partial charge is 0.493 e. The third-order valence-electron chi connectivity index (χ3n) is 1.81.